The van der Waals surface area contributed by atoms with E-state index in [1.54, 1.807) is 6.07 Å². The number of rotatable bonds is 4. The smallest absolute Gasteiger partial charge is 0.388 e. The summed E-state index contributed by atoms with van der Waals surface area (Å²) in [5, 5.41) is 11.7. The Morgan fingerprint density at radius 3 is 2.59 bits per heavy atom. The van der Waals surface area contributed by atoms with Crippen LogP contribution in [0.4, 0.5) is 13.2 Å². The molecule has 0 aromatic heterocycles. The molecule has 2 aliphatic rings. The minimum absolute atomic E-state index is 0.000688. The fraction of sp³-hybridized carbons (Fsp3) is 0.714. The maximum absolute atomic E-state index is 13.1. The molecule has 3 nitrogen and oxygen atoms in total. The van der Waals surface area contributed by atoms with Gasteiger partial charge in [-0.25, -0.2) is 0 Å². The van der Waals surface area contributed by atoms with Crippen LogP contribution in [0.1, 0.15) is 56.1 Å². The number of likely N-dealkylation sites (N-methyl/N-ethyl adjacent to an activating group) is 1. The first-order valence-corrected chi connectivity index (χ1v) is 9.93. The van der Waals surface area contributed by atoms with Crippen LogP contribution in [0.3, 0.4) is 0 Å². The zero-order valence-corrected chi connectivity index (χ0v) is 16.5. The standard InChI is InChI=1S/C21H31F3N2O/c1-15(16-7-6-8-17(13-16)21(22,23)24)20(27)11-5-4-9-19(20)26-12-10-18(14-26)25(2)3/h6-8,13,15,18-19,27H,4-5,9-12,14H2,1-3H3/t15?,18-,19?,20?/m0/s1. The monoisotopic (exact) mass is 384 g/mol. The van der Waals surface area contributed by atoms with E-state index in [0.29, 0.717) is 18.0 Å². The molecular weight excluding hydrogens is 353 g/mol. The molecule has 0 bridgehead atoms. The van der Waals surface area contributed by atoms with Gasteiger partial charge in [0.1, 0.15) is 0 Å². The van der Waals surface area contributed by atoms with Crippen LogP contribution >= 0.6 is 0 Å². The summed E-state index contributed by atoms with van der Waals surface area (Å²) in [5.74, 6) is -0.344. The number of nitrogens with zero attached hydrogens (tertiary/aromatic N) is 2. The molecule has 1 saturated heterocycles. The second-order valence-corrected chi connectivity index (χ2v) is 8.50. The number of hydrogen-bond donors (Lipinski definition) is 1. The number of likely N-dealkylation sites (tertiary alicyclic amines) is 1. The Labute approximate surface area is 160 Å². The van der Waals surface area contributed by atoms with E-state index in [2.05, 4.69) is 23.9 Å². The van der Waals surface area contributed by atoms with E-state index in [0.717, 1.165) is 44.8 Å². The van der Waals surface area contributed by atoms with E-state index in [9.17, 15) is 18.3 Å². The summed E-state index contributed by atoms with van der Waals surface area (Å²) in [7, 11) is 4.15. The first-order valence-electron chi connectivity index (χ1n) is 9.93. The van der Waals surface area contributed by atoms with Crippen molar-refractivity contribution in [2.75, 3.05) is 27.2 Å². The zero-order chi connectivity index (χ0) is 19.8. The van der Waals surface area contributed by atoms with Crippen LogP contribution in [0.15, 0.2) is 24.3 Å². The average molecular weight is 384 g/mol. The van der Waals surface area contributed by atoms with E-state index in [1.165, 1.54) is 12.1 Å². The van der Waals surface area contributed by atoms with Gasteiger partial charge < -0.3 is 10.0 Å². The van der Waals surface area contributed by atoms with Crippen molar-refractivity contribution in [3.05, 3.63) is 35.4 Å². The molecule has 1 heterocycles. The topological polar surface area (TPSA) is 26.7 Å². The number of halogens is 3. The molecule has 0 spiro atoms. The normalized spacial score (nSPS) is 31.4. The van der Waals surface area contributed by atoms with E-state index >= 15 is 0 Å². The van der Waals surface area contributed by atoms with Crippen LogP contribution < -0.4 is 0 Å². The highest BCUT2D eigenvalue weighted by atomic mass is 19.4. The van der Waals surface area contributed by atoms with Gasteiger partial charge in [0.05, 0.1) is 11.2 Å². The van der Waals surface area contributed by atoms with Crippen LogP contribution in [-0.4, -0.2) is 59.8 Å². The summed E-state index contributed by atoms with van der Waals surface area (Å²) >= 11 is 0. The van der Waals surface area contributed by atoms with E-state index < -0.39 is 17.3 Å². The van der Waals surface area contributed by atoms with Crippen molar-refractivity contribution in [3.63, 3.8) is 0 Å². The third-order valence-electron chi connectivity index (χ3n) is 6.71. The van der Waals surface area contributed by atoms with Gasteiger partial charge in [0, 0.05) is 31.1 Å². The maximum atomic E-state index is 13.1. The summed E-state index contributed by atoms with van der Waals surface area (Å²) in [6, 6.07) is 5.95. The lowest BCUT2D eigenvalue weighted by Crippen LogP contribution is -2.57. The lowest BCUT2D eigenvalue weighted by atomic mass is 9.70. The van der Waals surface area contributed by atoms with E-state index in [-0.39, 0.29) is 12.0 Å². The largest absolute Gasteiger partial charge is 0.416 e. The minimum Gasteiger partial charge on any atom is -0.388 e. The third kappa shape index (κ3) is 4.17. The number of benzene rings is 1. The first kappa shape index (κ1) is 20.6. The molecule has 1 aliphatic carbocycles. The first-order chi connectivity index (χ1) is 12.6. The fourth-order valence-electron chi connectivity index (χ4n) is 4.91. The van der Waals surface area contributed by atoms with Gasteiger partial charge in [0.15, 0.2) is 0 Å². The summed E-state index contributed by atoms with van der Waals surface area (Å²) in [4.78, 5) is 4.59. The molecule has 1 saturated carbocycles. The highest BCUT2D eigenvalue weighted by Gasteiger charge is 2.48. The second kappa shape index (κ2) is 7.72. The van der Waals surface area contributed by atoms with Crippen molar-refractivity contribution in [2.45, 2.75) is 68.8 Å². The molecule has 0 radical (unpaired) electrons. The molecule has 2 fully saturated rings. The van der Waals surface area contributed by atoms with Gasteiger partial charge in [-0.3, -0.25) is 4.90 Å². The third-order valence-corrected chi connectivity index (χ3v) is 6.71. The second-order valence-electron chi connectivity index (χ2n) is 8.50. The van der Waals surface area contributed by atoms with Crippen LogP contribution in [0.25, 0.3) is 0 Å². The van der Waals surface area contributed by atoms with Crippen molar-refractivity contribution in [3.8, 4) is 0 Å². The molecule has 27 heavy (non-hydrogen) atoms. The molecular formula is C21H31F3N2O. The van der Waals surface area contributed by atoms with Gasteiger partial charge in [0.25, 0.3) is 0 Å². The molecule has 6 heteroatoms. The minimum atomic E-state index is -4.36. The Hall–Kier alpha value is -1.11. The molecule has 3 rings (SSSR count). The van der Waals surface area contributed by atoms with Gasteiger partial charge in [-0.15, -0.1) is 0 Å². The quantitative estimate of drug-likeness (QED) is 0.846. The SMILES string of the molecule is CC(c1cccc(C(F)(F)F)c1)C1(O)CCCCC1N1CC[C@H](N(C)C)C1. The van der Waals surface area contributed by atoms with Gasteiger partial charge in [-0.05, 0) is 45.0 Å². The number of hydrogen-bond acceptors (Lipinski definition) is 3. The van der Waals surface area contributed by atoms with E-state index in [1.807, 2.05) is 6.92 Å². The Morgan fingerprint density at radius 2 is 1.96 bits per heavy atom. The van der Waals surface area contributed by atoms with Crippen LogP contribution in [0.5, 0.6) is 0 Å². The predicted molar refractivity (Wildman–Crippen MR) is 101 cm³/mol. The summed E-state index contributed by atoms with van der Waals surface area (Å²) in [6.07, 6.45) is 0.223. The van der Waals surface area contributed by atoms with Gasteiger partial charge in [0.2, 0.25) is 0 Å². The molecule has 3 unspecified atom stereocenters. The molecule has 152 valence electrons. The average Bonchev–Trinajstić information content (AvgIpc) is 3.11. The Kier molecular flexibility index (Phi) is 5.90. The Balaban J connectivity index is 1.85. The van der Waals surface area contributed by atoms with Crippen LogP contribution in [-0.2, 0) is 6.18 Å². The molecule has 4 atom stereocenters. The molecule has 1 aliphatic heterocycles. The van der Waals surface area contributed by atoms with Crippen molar-refractivity contribution >= 4 is 0 Å². The predicted octanol–water partition coefficient (Wildman–Crippen LogP) is 4.12. The Bertz CT molecular complexity index is 649. The van der Waals surface area contributed by atoms with Crippen LogP contribution in [0.2, 0.25) is 0 Å². The number of alkyl halides is 3. The highest BCUT2D eigenvalue weighted by Crippen LogP contribution is 2.44. The summed E-state index contributed by atoms with van der Waals surface area (Å²) in [6.45, 7) is 3.73. The van der Waals surface area contributed by atoms with Gasteiger partial charge in [-0.2, -0.15) is 13.2 Å². The zero-order valence-electron chi connectivity index (χ0n) is 16.5. The molecule has 1 N–H and O–H groups in total. The lowest BCUT2D eigenvalue weighted by Gasteiger charge is -2.48. The van der Waals surface area contributed by atoms with Crippen molar-refractivity contribution in [1.82, 2.24) is 9.80 Å². The molecule has 1 aromatic rings. The van der Waals surface area contributed by atoms with Crippen molar-refractivity contribution in [2.24, 2.45) is 0 Å². The number of aliphatic hydroxyl groups is 1. The molecule has 0 amide bonds. The highest BCUT2D eigenvalue weighted by molar-refractivity contribution is 5.30. The summed E-state index contributed by atoms with van der Waals surface area (Å²) in [5.41, 5.74) is -1.07. The maximum Gasteiger partial charge on any atom is 0.416 e. The van der Waals surface area contributed by atoms with Gasteiger partial charge in [-0.1, -0.05) is 38.0 Å². The van der Waals surface area contributed by atoms with Crippen molar-refractivity contribution in [1.29, 1.82) is 0 Å². The van der Waals surface area contributed by atoms with E-state index in [4.69, 9.17) is 0 Å². The lowest BCUT2D eigenvalue weighted by molar-refractivity contribution is -0.137. The van der Waals surface area contributed by atoms with Crippen LogP contribution in [0, 0.1) is 0 Å². The molecule has 1 aromatic carbocycles. The van der Waals surface area contributed by atoms with Crippen molar-refractivity contribution < 1.29 is 18.3 Å². The summed E-state index contributed by atoms with van der Waals surface area (Å²) < 4.78 is 39.4. The van der Waals surface area contributed by atoms with Gasteiger partial charge >= 0.3 is 6.18 Å². The fourth-order valence-corrected chi connectivity index (χ4v) is 4.91. The Morgan fingerprint density at radius 1 is 1.22 bits per heavy atom.